The second-order valence-corrected chi connectivity index (χ2v) is 13.3. The minimum absolute atomic E-state index is 0.0818. The van der Waals surface area contributed by atoms with Crippen LogP contribution in [0.3, 0.4) is 0 Å². The standard InChI is InChI=1S/C31H46N4O6S/c1-31(2,3)41-30(38)32-24(15-18-42-6)29(37)34-16-13-21(14-17-34)35-28(36)23-10-8-7-9-22(23)27(33-35)20-11-12-25(39-4)26(19-20)40-5/h11-12,19,21-24H,7-10,13-18H2,1-6H3,(H,32,38)/t22-,23+,24+/m0/s1. The van der Waals surface area contributed by atoms with E-state index in [1.54, 1.807) is 56.7 Å². The molecule has 1 aromatic rings. The maximum Gasteiger partial charge on any atom is 0.408 e. The van der Waals surface area contributed by atoms with Crippen molar-refractivity contribution in [3.8, 4) is 11.5 Å². The topological polar surface area (TPSA) is 110 Å². The Morgan fingerprint density at radius 2 is 1.71 bits per heavy atom. The average Bonchev–Trinajstić information content (AvgIpc) is 2.98. The number of fused-ring (bicyclic) bond motifs is 1. The number of ether oxygens (including phenoxy) is 3. The van der Waals surface area contributed by atoms with E-state index in [9.17, 15) is 14.4 Å². The number of hydrogen-bond acceptors (Lipinski definition) is 8. The molecular weight excluding hydrogens is 556 g/mol. The van der Waals surface area contributed by atoms with Gasteiger partial charge in [-0.3, -0.25) is 9.59 Å². The molecule has 1 N–H and O–H groups in total. The van der Waals surface area contributed by atoms with Gasteiger partial charge in [0.25, 0.3) is 0 Å². The quantitative estimate of drug-likeness (QED) is 0.437. The molecule has 3 aliphatic rings. The summed E-state index contributed by atoms with van der Waals surface area (Å²) in [4.78, 5) is 41.5. The molecule has 3 amide bonds. The number of nitrogens with zero attached hydrogens (tertiary/aromatic N) is 3. The molecule has 10 nitrogen and oxygen atoms in total. The number of alkyl carbamates (subject to hydrolysis) is 1. The highest BCUT2D eigenvalue weighted by Gasteiger charge is 2.44. The lowest BCUT2D eigenvalue weighted by Gasteiger charge is -2.43. The molecule has 0 bridgehead atoms. The van der Waals surface area contributed by atoms with Crippen molar-refractivity contribution in [1.29, 1.82) is 0 Å². The summed E-state index contributed by atoms with van der Waals surface area (Å²) < 4.78 is 16.4. The molecule has 2 heterocycles. The molecule has 0 aromatic heterocycles. The van der Waals surface area contributed by atoms with Crippen LogP contribution in [-0.4, -0.2) is 90.5 Å². The van der Waals surface area contributed by atoms with E-state index in [0.29, 0.717) is 43.9 Å². The molecule has 1 aliphatic carbocycles. The Balaban J connectivity index is 1.50. The van der Waals surface area contributed by atoms with Crippen molar-refractivity contribution in [2.75, 3.05) is 39.3 Å². The molecule has 1 saturated heterocycles. The molecule has 232 valence electrons. The van der Waals surface area contributed by atoms with E-state index in [-0.39, 0.29) is 29.7 Å². The maximum atomic E-state index is 13.8. The van der Waals surface area contributed by atoms with E-state index in [0.717, 1.165) is 42.7 Å². The summed E-state index contributed by atoms with van der Waals surface area (Å²) in [6.07, 6.45) is 7.07. The summed E-state index contributed by atoms with van der Waals surface area (Å²) in [6.45, 7) is 6.38. The highest BCUT2D eigenvalue weighted by Crippen LogP contribution is 2.40. The van der Waals surface area contributed by atoms with Gasteiger partial charge in [0.2, 0.25) is 11.8 Å². The number of rotatable bonds is 9. The molecule has 1 aromatic carbocycles. The van der Waals surface area contributed by atoms with Gasteiger partial charge in [-0.25, -0.2) is 9.80 Å². The molecule has 4 rings (SSSR count). The molecule has 2 fully saturated rings. The van der Waals surface area contributed by atoms with Gasteiger partial charge in [0.15, 0.2) is 11.5 Å². The van der Waals surface area contributed by atoms with E-state index < -0.39 is 17.7 Å². The fourth-order valence-electron chi connectivity index (χ4n) is 6.19. The first-order chi connectivity index (χ1) is 20.1. The van der Waals surface area contributed by atoms with Crippen molar-refractivity contribution in [2.24, 2.45) is 16.9 Å². The minimum Gasteiger partial charge on any atom is -0.493 e. The predicted molar refractivity (Wildman–Crippen MR) is 164 cm³/mol. The lowest BCUT2D eigenvalue weighted by molar-refractivity contribution is -0.143. The lowest BCUT2D eigenvalue weighted by Crippen LogP contribution is -2.55. The van der Waals surface area contributed by atoms with E-state index in [1.165, 1.54) is 0 Å². The molecule has 1 saturated carbocycles. The van der Waals surface area contributed by atoms with Gasteiger partial charge >= 0.3 is 6.09 Å². The number of likely N-dealkylation sites (tertiary alicyclic amines) is 1. The normalized spacial score (nSPS) is 22.1. The zero-order valence-corrected chi connectivity index (χ0v) is 26.6. The third-order valence-corrected chi connectivity index (χ3v) is 8.92. The zero-order valence-electron chi connectivity index (χ0n) is 25.8. The first-order valence-electron chi connectivity index (χ1n) is 15.0. The van der Waals surface area contributed by atoms with Crippen LogP contribution in [0.25, 0.3) is 0 Å². The summed E-state index contributed by atoms with van der Waals surface area (Å²) in [7, 11) is 3.23. The number of carbonyl (C=O) groups is 3. The Kier molecular flexibility index (Phi) is 10.7. The van der Waals surface area contributed by atoms with E-state index in [4.69, 9.17) is 19.3 Å². The highest BCUT2D eigenvalue weighted by molar-refractivity contribution is 7.98. The fourth-order valence-corrected chi connectivity index (χ4v) is 6.66. The van der Waals surface area contributed by atoms with Gasteiger partial charge in [-0.2, -0.15) is 16.9 Å². The third kappa shape index (κ3) is 7.51. The van der Waals surface area contributed by atoms with Crippen molar-refractivity contribution in [3.05, 3.63) is 23.8 Å². The van der Waals surface area contributed by atoms with Gasteiger partial charge in [0, 0.05) is 30.5 Å². The monoisotopic (exact) mass is 602 g/mol. The zero-order chi connectivity index (χ0) is 30.4. The maximum absolute atomic E-state index is 13.8. The number of piperidine rings is 1. The molecule has 42 heavy (non-hydrogen) atoms. The lowest BCUT2D eigenvalue weighted by atomic mass is 9.73. The van der Waals surface area contributed by atoms with Gasteiger partial charge < -0.3 is 24.4 Å². The minimum atomic E-state index is -0.654. The van der Waals surface area contributed by atoms with Gasteiger partial charge in [0.1, 0.15) is 11.6 Å². The summed E-state index contributed by atoms with van der Waals surface area (Å²) in [5, 5.41) is 9.52. The van der Waals surface area contributed by atoms with Gasteiger partial charge in [0.05, 0.1) is 26.0 Å². The van der Waals surface area contributed by atoms with Crippen LogP contribution >= 0.6 is 11.8 Å². The number of benzene rings is 1. The SMILES string of the molecule is COc1ccc(C2=NN(C3CCN(C(=O)[C@@H](CCSC)NC(=O)OC(C)(C)C)CC3)C(=O)[C@@H]3CCCC[C@H]23)cc1OC. The molecule has 2 aliphatic heterocycles. The first-order valence-corrected chi connectivity index (χ1v) is 16.4. The molecule has 0 unspecified atom stereocenters. The average molecular weight is 603 g/mol. The van der Waals surface area contributed by atoms with Crippen LogP contribution in [-0.2, 0) is 14.3 Å². The second kappa shape index (κ2) is 14.0. The number of amides is 3. The van der Waals surface area contributed by atoms with Crippen LogP contribution in [0.2, 0.25) is 0 Å². The molecule has 11 heteroatoms. The van der Waals surface area contributed by atoms with E-state index in [1.807, 2.05) is 24.5 Å². The number of hydrogen-bond donors (Lipinski definition) is 1. The largest absolute Gasteiger partial charge is 0.493 e. The molecule has 0 spiro atoms. The Labute approximate surface area is 253 Å². The Morgan fingerprint density at radius 3 is 2.33 bits per heavy atom. The summed E-state index contributed by atoms with van der Waals surface area (Å²) in [6, 6.07) is 5.08. The number of carbonyl (C=O) groups excluding carboxylic acids is 3. The third-order valence-electron chi connectivity index (χ3n) is 8.28. The Morgan fingerprint density at radius 1 is 1.05 bits per heavy atom. The van der Waals surface area contributed by atoms with Crippen LogP contribution < -0.4 is 14.8 Å². The van der Waals surface area contributed by atoms with Crippen LogP contribution in [0, 0.1) is 11.8 Å². The predicted octanol–water partition coefficient (Wildman–Crippen LogP) is 4.69. The fraction of sp³-hybridized carbons (Fsp3) is 0.677. The summed E-state index contributed by atoms with van der Waals surface area (Å²) in [5.74, 6) is 2.00. The van der Waals surface area contributed by atoms with Crippen LogP contribution in [0.5, 0.6) is 11.5 Å². The van der Waals surface area contributed by atoms with Crippen LogP contribution in [0.4, 0.5) is 4.79 Å². The highest BCUT2D eigenvalue weighted by atomic mass is 32.2. The van der Waals surface area contributed by atoms with Crippen molar-refractivity contribution in [3.63, 3.8) is 0 Å². The number of methoxy groups -OCH3 is 2. The van der Waals surface area contributed by atoms with Crippen molar-refractivity contribution in [1.82, 2.24) is 15.2 Å². The Hall–Kier alpha value is -2.95. The summed E-state index contributed by atoms with van der Waals surface area (Å²) in [5.41, 5.74) is 1.22. The van der Waals surface area contributed by atoms with Crippen molar-refractivity contribution < 1.29 is 28.6 Å². The van der Waals surface area contributed by atoms with Gasteiger partial charge in [-0.15, -0.1) is 0 Å². The summed E-state index contributed by atoms with van der Waals surface area (Å²) >= 11 is 1.63. The second-order valence-electron chi connectivity index (χ2n) is 12.3. The van der Waals surface area contributed by atoms with E-state index >= 15 is 0 Å². The molecule has 0 radical (unpaired) electrons. The number of thioether (sulfide) groups is 1. The number of hydrazone groups is 1. The first kappa shape index (κ1) is 32.0. The Bertz CT molecular complexity index is 1160. The molecular formula is C31H46N4O6S. The van der Waals surface area contributed by atoms with E-state index in [2.05, 4.69) is 5.32 Å². The van der Waals surface area contributed by atoms with Crippen LogP contribution in [0.1, 0.15) is 71.3 Å². The van der Waals surface area contributed by atoms with Crippen molar-refractivity contribution >= 4 is 35.4 Å². The van der Waals surface area contributed by atoms with Crippen LogP contribution in [0.15, 0.2) is 23.3 Å². The molecule has 3 atom stereocenters. The van der Waals surface area contributed by atoms with Crippen molar-refractivity contribution in [2.45, 2.75) is 83.4 Å². The van der Waals surface area contributed by atoms with Gasteiger partial charge in [-0.1, -0.05) is 12.8 Å². The van der Waals surface area contributed by atoms with Gasteiger partial charge in [-0.05, 0) is 83.1 Å². The number of nitrogens with one attached hydrogen (secondary N) is 1. The smallest absolute Gasteiger partial charge is 0.408 e.